The van der Waals surface area contributed by atoms with E-state index in [1.54, 1.807) is 24.3 Å². The van der Waals surface area contributed by atoms with Crippen LogP contribution < -0.4 is 4.74 Å². The van der Waals surface area contributed by atoms with E-state index >= 15 is 0 Å². The average Bonchev–Trinajstić information content (AvgIpc) is 2.43. The maximum atomic E-state index is 11.3. The number of ether oxygens (including phenoxy) is 1. The van der Waals surface area contributed by atoms with Gasteiger partial charge in [-0.1, -0.05) is 18.2 Å². The number of hydrogen-bond donors (Lipinski definition) is 0. The maximum absolute atomic E-state index is 11.3. The summed E-state index contributed by atoms with van der Waals surface area (Å²) in [6.45, 7) is 0. The van der Waals surface area contributed by atoms with Crippen LogP contribution in [-0.4, -0.2) is 11.2 Å². The molecule has 1 aromatic rings. The van der Waals surface area contributed by atoms with Crippen LogP contribution in [0.3, 0.4) is 0 Å². The number of hydrogen-bond acceptors (Lipinski definition) is 3. The smallest absolute Gasteiger partial charge is 0.319 e. The van der Waals surface area contributed by atoms with Gasteiger partial charge in [0.25, 0.3) is 0 Å². The van der Waals surface area contributed by atoms with Crippen molar-refractivity contribution in [2.45, 2.75) is 12.3 Å². The van der Waals surface area contributed by atoms with Crippen molar-refractivity contribution in [1.29, 1.82) is 0 Å². The number of rotatable bonds is 2. The van der Waals surface area contributed by atoms with Gasteiger partial charge in [0.15, 0.2) is 0 Å². The Kier molecular flexibility index (Phi) is 2.25. The first-order valence-corrected chi connectivity index (χ1v) is 4.55. The number of para-hydroxylation sites is 1. The van der Waals surface area contributed by atoms with Gasteiger partial charge in [-0.3, -0.25) is 9.59 Å². The Bertz CT molecular complexity index is 400. The molecule has 0 radical (unpaired) electrons. The van der Waals surface area contributed by atoms with E-state index in [-0.39, 0.29) is 6.42 Å². The number of halogens is 1. The van der Waals surface area contributed by atoms with E-state index in [1.807, 2.05) is 0 Å². The van der Waals surface area contributed by atoms with Crippen molar-refractivity contribution in [2.24, 2.45) is 0 Å². The van der Waals surface area contributed by atoms with Crippen LogP contribution in [0.2, 0.25) is 0 Å². The summed E-state index contributed by atoms with van der Waals surface area (Å²) in [5.74, 6) is -0.406. The van der Waals surface area contributed by atoms with Gasteiger partial charge in [-0.15, -0.1) is 0 Å². The summed E-state index contributed by atoms with van der Waals surface area (Å²) in [6, 6.07) is 7.04. The molecule has 4 heteroatoms. The Balaban J connectivity index is 2.34. The second-order valence-corrected chi connectivity index (χ2v) is 3.49. The highest BCUT2D eigenvalue weighted by Crippen LogP contribution is 2.36. The van der Waals surface area contributed by atoms with Gasteiger partial charge >= 0.3 is 5.97 Å². The molecule has 0 saturated carbocycles. The van der Waals surface area contributed by atoms with Gasteiger partial charge in [0.05, 0.1) is 5.92 Å². The molecule has 14 heavy (non-hydrogen) atoms. The van der Waals surface area contributed by atoms with E-state index < -0.39 is 17.1 Å². The lowest BCUT2D eigenvalue weighted by Crippen LogP contribution is -2.12. The molecule has 72 valence electrons. The van der Waals surface area contributed by atoms with Gasteiger partial charge in [0, 0.05) is 12.0 Å². The third kappa shape index (κ3) is 1.51. The zero-order valence-electron chi connectivity index (χ0n) is 7.20. The summed E-state index contributed by atoms with van der Waals surface area (Å²) in [5.41, 5.74) is 0.742. The van der Waals surface area contributed by atoms with Crippen molar-refractivity contribution in [1.82, 2.24) is 0 Å². The van der Waals surface area contributed by atoms with Crippen molar-refractivity contribution < 1.29 is 14.3 Å². The zero-order valence-corrected chi connectivity index (χ0v) is 7.95. The second kappa shape index (κ2) is 3.42. The third-order valence-electron chi connectivity index (χ3n) is 2.15. The SMILES string of the molecule is O=C(Cl)CC1C(=O)Oc2ccccc21. The summed E-state index contributed by atoms with van der Waals surface area (Å²) >= 11 is 5.24. The summed E-state index contributed by atoms with van der Waals surface area (Å²) < 4.78 is 4.97. The summed E-state index contributed by atoms with van der Waals surface area (Å²) in [7, 11) is 0. The maximum Gasteiger partial charge on any atom is 0.319 e. The Hall–Kier alpha value is -1.35. The van der Waals surface area contributed by atoms with Gasteiger partial charge in [0.2, 0.25) is 5.24 Å². The molecule has 1 aromatic carbocycles. The molecule has 3 nitrogen and oxygen atoms in total. The molecular formula is C10H7ClO3. The van der Waals surface area contributed by atoms with Crippen molar-refractivity contribution in [3.63, 3.8) is 0 Å². The summed E-state index contributed by atoms with van der Waals surface area (Å²) in [4.78, 5) is 22.0. The molecular weight excluding hydrogens is 204 g/mol. The molecule has 0 spiro atoms. The highest BCUT2D eigenvalue weighted by molar-refractivity contribution is 6.63. The van der Waals surface area contributed by atoms with Crippen LogP contribution in [0.15, 0.2) is 24.3 Å². The van der Waals surface area contributed by atoms with E-state index in [0.29, 0.717) is 5.75 Å². The first-order valence-electron chi connectivity index (χ1n) is 4.17. The monoisotopic (exact) mass is 210 g/mol. The van der Waals surface area contributed by atoms with E-state index in [2.05, 4.69) is 0 Å². The molecule has 0 N–H and O–H groups in total. The lowest BCUT2D eigenvalue weighted by Gasteiger charge is -2.01. The third-order valence-corrected chi connectivity index (χ3v) is 2.31. The Morgan fingerprint density at radius 3 is 2.86 bits per heavy atom. The quantitative estimate of drug-likeness (QED) is 0.425. The minimum atomic E-state index is -0.531. The van der Waals surface area contributed by atoms with E-state index in [0.717, 1.165) is 5.56 Å². The van der Waals surface area contributed by atoms with Crippen LogP contribution in [0, 0.1) is 0 Å². The average molecular weight is 211 g/mol. The van der Waals surface area contributed by atoms with Crippen molar-refractivity contribution in [3.05, 3.63) is 29.8 Å². The number of carbonyl (C=O) groups excluding carboxylic acids is 2. The second-order valence-electron chi connectivity index (χ2n) is 3.07. The van der Waals surface area contributed by atoms with Gasteiger partial charge in [-0.2, -0.15) is 0 Å². The minimum Gasteiger partial charge on any atom is -0.426 e. The topological polar surface area (TPSA) is 43.4 Å². The fourth-order valence-electron chi connectivity index (χ4n) is 1.52. The zero-order chi connectivity index (χ0) is 10.1. The first kappa shape index (κ1) is 9.21. The van der Waals surface area contributed by atoms with Gasteiger partial charge in [-0.05, 0) is 17.7 Å². The molecule has 1 unspecified atom stereocenters. The molecule has 1 aliphatic heterocycles. The van der Waals surface area contributed by atoms with Crippen LogP contribution >= 0.6 is 11.6 Å². The molecule has 1 heterocycles. The fraction of sp³-hybridized carbons (Fsp3) is 0.200. The molecule has 0 fully saturated rings. The molecule has 0 amide bonds. The van der Waals surface area contributed by atoms with Crippen LogP contribution in [-0.2, 0) is 9.59 Å². The van der Waals surface area contributed by atoms with Gasteiger partial charge in [0.1, 0.15) is 5.75 Å². The molecule has 1 aliphatic rings. The Labute approximate surface area is 85.6 Å². The number of esters is 1. The first-order chi connectivity index (χ1) is 6.68. The van der Waals surface area contributed by atoms with Crippen molar-refractivity contribution in [3.8, 4) is 5.75 Å². The predicted octanol–water partition coefficient (Wildman–Crippen LogP) is 1.84. The van der Waals surface area contributed by atoms with Crippen molar-refractivity contribution >= 4 is 22.8 Å². The predicted molar refractivity (Wildman–Crippen MR) is 50.3 cm³/mol. The fourth-order valence-corrected chi connectivity index (χ4v) is 1.68. The van der Waals surface area contributed by atoms with E-state index in [4.69, 9.17) is 16.3 Å². The highest BCUT2D eigenvalue weighted by Gasteiger charge is 2.33. The molecule has 2 rings (SSSR count). The lowest BCUT2D eigenvalue weighted by atomic mass is 9.98. The molecule has 0 aliphatic carbocycles. The molecule has 0 saturated heterocycles. The van der Waals surface area contributed by atoms with Crippen LogP contribution in [0.5, 0.6) is 5.75 Å². The molecule has 0 aromatic heterocycles. The standard InChI is InChI=1S/C10H7ClO3/c11-9(12)5-7-6-3-1-2-4-8(6)14-10(7)13/h1-4,7H,5H2. The van der Waals surface area contributed by atoms with Gasteiger partial charge < -0.3 is 4.74 Å². The Morgan fingerprint density at radius 1 is 1.43 bits per heavy atom. The summed E-state index contributed by atoms with van der Waals surface area (Å²) in [6.07, 6.45) is -0.00258. The number of benzene rings is 1. The number of fused-ring (bicyclic) bond motifs is 1. The normalized spacial score (nSPS) is 18.9. The van der Waals surface area contributed by atoms with Crippen LogP contribution in [0.4, 0.5) is 0 Å². The minimum absolute atomic E-state index is 0.00258. The van der Waals surface area contributed by atoms with E-state index in [9.17, 15) is 9.59 Å². The van der Waals surface area contributed by atoms with Crippen LogP contribution in [0.25, 0.3) is 0 Å². The molecule has 0 bridgehead atoms. The largest absolute Gasteiger partial charge is 0.426 e. The summed E-state index contributed by atoms with van der Waals surface area (Å²) in [5, 5.41) is -0.524. The van der Waals surface area contributed by atoms with Gasteiger partial charge in [-0.25, -0.2) is 0 Å². The number of carbonyl (C=O) groups is 2. The van der Waals surface area contributed by atoms with E-state index in [1.165, 1.54) is 0 Å². The Morgan fingerprint density at radius 2 is 2.14 bits per heavy atom. The highest BCUT2D eigenvalue weighted by atomic mass is 35.5. The lowest BCUT2D eigenvalue weighted by molar-refractivity contribution is -0.135. The van der Waals surface area contributed by atoms with Crippen LogP contribution in [0.1, 0.15) is 17.9 Å². The van der Waals surface area contributed by atoms with Crippen molar-refractivity contribution in [2.75, 3.05) is 0 Å². The molecule has 1 atom stereocenters.